The lowest BCUT2D eigenvalue weighted by Crippen LogP contribution is -1.87. The molecule has 0 bridgehead atoms. The molecule has 0 N–H and O–H groups in total. The van der Waals surface area contributed by atoms with Gasteiger partial charge in [0.05, 0.1) is 0 Å². The van der Waals surface area contributed by atoms with Crippen molar-refractivity contribution in [1.82, 2.24) is 0 Å². The zero-order chi connectivity index (χ0) is 19.9. The zero-order valence-corrected chi connectivity index (χ0v) is 16.5. The quantitative estimate of drug-likeness (QED) is 0.264. The van der Waals surface area contributed by atoms with Crippen LogP contribution in [-0.4, -0.2) is 0 Å². The van der Waals surface area contributed by atoms with Gasteiger partial charge in [-0.05, 0) is 66.7 Å². The van der Waals surface area contributed by atoms with Gasteiger partial charge in [-0.3, -0.25) is 0 Å². The maximum Gasteiger partial charge on any atom is -0.00928 e. The minimum Gasteiger partial charge on any atom is -0.0622 e. The Morgan fingerprint density at radius 2 is 0.933 bits per heavy atom. The highest BCUT2D eigenvalue weighted by Gasteiger charge is 2.11. The molecule has 6 aromatic carbocycles. The van der Waals surface area contributed by atoms with Gasteiger partial charge in [0.25, 0.3) is 0 Å². The maximum absolute atomic E-state index is 2.38. The SMILES string of the molecule is c1ccc(-c2cccc(-c3cc4c5ccccc5ccc4c4ccccc34)c2)cc1. The van der Waals surface area contributed by atoms with Crippen molar-refractivity contribution in [3.05, 3.63) is 121 Å². The van der Waals surface area contributed by atoms with Gasteiger partial charge in [-0.25, -0.2) is 0 Å². The molecule has 0 aliphatic rings. The molecule has 0 spiro atoms. The standard InChI is InChI=1S/C30H20/c1-2-9-21(10-3-1)23-12-8-13-24(19-23)29-20-30-25-14-5-4-11-22(25)17-18-28(30)26-15-6-7-16-27(26)29/h1-20H. The molecule has 0 heteroatoms. The summed E-state index contributed by atoms with van der Waals surface area (Å²) >= 11 is 0. The van der Waals surface area contributed by atoms with E-state index in [2.05, 4.69) is 121 Å². The number of fused-ring (bicyclic) bond motifs is 5. The molecule has 0 unspecified atom stereocenters. The fourth-order valence-corrected chi connectivity index (χ4v) is 4.60. The van der Waals surface area contributed by atoms with E-state index >= 15 is 0 Å². The van der Waals surface area contributed by atoms with Crippen molar-refractivity contribution >= 4 is 32.3 Å². The molecule has 6 aromatic rings. The van der Waals surface area contributed by atoms with Gasteiger partial charge in [-0.15, -0.1) is 0 Å². The molecule has 0 radical (unpaired) electrons. The van der Waals surface area contributed by atoms with E-state index in [1.165, 1.54) is 54.6 Å². The predicted molar refractivity (Wildman–Crippen MR) is 130 cm³/mol. The summed E-state index contributed by atoms with van der Waals surface area (Å²) in [6, 6.07) is 43.8. The van der Waals surface area contributed by atoms with E-state index in [-0.39, 0.29) is 0 Å². The lowest BCUT2D eigenvalue weighted by atomic mass is 9.90. The van der Waals surface area contributed by atoms with Crippen LogP contribution in [0.15, 0.2) is 121 Å². The Bertz CT molecular complexity index is 1520. The van der Waals surface area contributed by atoms with Crippen LogP contribution in [-0.2, 0) is 0 Å². The largest absolute Gasteiger partial charge is 0.0622 e. The summed E-state index contributed by atoms with van der Waals surface area (Å²) in [4.78, 5) is 0. The first-order chi connectivity index (χ1) is 14.9. The van der Waals surface area contributed by atoms with Crippen molar-refractivity contribution < 1.29 is 0 Å². The minimum atomic E-state index is 1.25. The highest BCUT2D eigenvalue weighted by molar-refractivity contribution is 6.21. The van der Waals surface area contributed by atoms with Crippen LogP contribution in [0.5, 0.6) is 0 Å². The Kier molecular flexibility index (Phi) is 3.89. The monoisotopic (exact) mass is 380 g/mol. The summed E-state index contributed by atoms with van der Waals surface area (Å²) in [5, 5.41) is 7.82. The fourth-order valence-electron chi connectivity index (χ4n) is 4.60. The molecule has 0 heterocycles. The third kappa shape index (κ3) is 2.69. The summed E-state index contributed by atoms with van der Waals surface area (Å²) in [5.74, 6) is 0. The Hall–Kier alpha value is -3.90. The number of hydrogen-bond donors (Lipinski definition) is 0. The number of benzene rings is 6. The van der Waals surface area contributed by atoms with Gasteiger partial charge in [0, 0.05) is 0 Å². The van der Waals surface area contributed by atoms with Gasteiger partial charge in [-0.2, -0.15) is 0 Å². The molecule has 0 aromatic heterocycles. The first-order valence-electron chi connectivity index (χ1n) is 10.4. The molecular formula is C30H20. The van der Waals surface area contributed by atoms with Gasteiger partial charge in [-0.1, -0.05) is 109 Å². The van der Waals surface area contributed by atoms with E-state index in [1.807, 2.05) is 0 Å². The van der Waals surface area contributed by atoms with E-state index in [9.17, 15) is 0 Å². The molecule has 0 saturated carbocycles. The summed E-state index contributed by atoms with van der Waals surface area (Å²) in [7, 11) is 0. The van der Waals surface area contributed by atoms with Crippen molar-refractivity contribution in [2.24, 2.45) is 0 Å². The third-order valence-electron chi connectivity index (χ3n) is 6.05. The molecule has 0 nitrogen and oxygen atoms in total. The van der Waals surface area contributed by atoms with Crippen LogP contribution < -0.4 is 0 Å². The van der Waals surface area contributed by atoms with Crippen LogP contribution in [0.4, 0.5) is 0 Å². The molecule has 0 atom stereocenters. The van der Waals surface area contributed by atoms with Crippen LogP contribution in [0.3, 0.4) is 0 Å². The van der Waals surface area contributed by atoms with Gasteiger partial charge in [0.2, 0.25) is 0 Å². The Labute approximate surface area is 176 Å². The van der Waals surface area contributed by atoms with E-state index < -0.39 is 0 Å². The molecule has 0 saturated heterocycles. The van der Waals surface area contributed by atoms with Crippen LogP contribution >= 0.6 is 0 Å². The van der Waals surface area contributed by atoms with Crippen molar-refractivity contribution in [1.29, 1.82) is 0 Å². The Morgan fingerprint density at radius 1 is 0.300 bits per heavy atom. The molecule has 0 aliphatic carbocycles. The van der Waals surface area contributed by atoms with Crippen molar-refractivity contribution in [3.8, 4) is 22.3 Å². The number of hydrogen-bond acceptors (Lipinski definition) is 0. The predicted octanol–water partition coefficient (Wildman–Crippen LogP) is 8.48. The van der Waals surface area contributed by atoms with E-state index in [1.54, 1.807) is 0 Å². The lowest BCUT2D eigenvalue weighted by molar-refractivity contribution is 1.61. The average Bonchev–Trinajstić information content (AvgIpc) is 2.84. The second-order valence-corrected chi connectivity index (χ2v) is 7.80. The van der Waals surface area contributed by atoms with E-state index in [0.29, 0.717) is 0 Å². The highest BCUT2D eigenvalue weighted by Crippen LogP contribution is 2.38. The smallest absolute Gasteiger partial charge is 0.00928 e. The van der Waals surface area contributed by atoms with Crippen LogP contribution in [0, 0.1) is 0 Å². The maximum atomic E-state index is 2.38. The summed E-state index contributed by atoms with van der Waals surface area (Å²) < 4.78 is 0. The highest BCUT2D eigenvalue weighted by atomic mass is 14.1. The van der Waals surface area contributed by atoms with Crippen LogP contribution in [0.1, 0.15) is 0 Å². The molecule has 0 aliphatic heterocycles. The van der Waals surface area contributed by atoms with Crippen LogP contribution in [0.25, 0.3) is 54.6 Å². The normalized spacial score (nSPS) is 11.3. The van der Waals surface area contributed by atoms with Crippen molar-refractivity contribution in [2.45, 2.75) is 0 Å². The molecule has 6 rings (SSSR count). The first-order valence-corrected chi connectivity index (χ1v) is 10.4. The molecule has 0 fully saturated rings. The zero-order valence-electron chi connectivity index (χ0n) is 16.5. The first kappa shape index (κ1) is 17.0. The number of rotatable bonds is 2. The van der Waals surface area contributed by atoms with Gasteiger partial charge in [0.15, 0.2) is 0 Å². The summed E-state index contributed by atoms with van der Waals surface area (Å²) in [5.41, 5.74) is 5.03. The van der Waals surface area contributed by atoms with E-state index in [4.69, 9.17) is 0 Å². The lowest BCUT2D eigenvalue weighted by Gasteiger charge is -2.14. The van der Waals surface area contributed by atoms with Gasteiger partial charge in [0.1, 0.15) is 0 Å². The second-order valence-electron chi connectivity index (χ2n) is 7.80. The molecule has 30 heavy (non-hydrogen) atoms. The van der Waals surface area contributed by atoms with E-state index in [0.717, 1.165) is 0 Å². The molecular weight excluding hydrogens is 360 g/mol. The summed E-state index contributed by atoms with van der Waals surface area (Å²) in [6.07, 6.45) is 0. The van der Waals surface area contributed by atoms with Gasteiger partial charge >= 0.3 is 0 Å². The minimum absolute atomic E-state index is 1.25. The Balaban J connectivity index is 1.69. The third-order valence-corrected chi connectivity index (χ3v) is 6.05. The fraction of sp³-hybridized carbons (Fsp3) is 0. The van der Waals surface area contributed by atoms with Gasteiger partial charge < -0.3 is 0 Å². The van der Waals surface area contributed by atoms with Crippen molar-refractivity contribution in [3.63, 3.8) is 0 Å². The van der Waals surface area contributed by atoms with Crippen molar-refractivity contribution in [2.75, 3.05) is 0 Å². The Morgan fingerprint density at radius 3 is 1.80 bits per heavy atom. The summed E-state index contributed by atoms with van der Waals surface area (Å²) in [6.45, 7) is 0. The van der Waals surface area contributed by atoms with Crippen LogP contribution in [0.2, 0.25) is 0 Å². The second kappa shape index (κ2) is 6.86. The molecule has 140 valence electrons. The molecule has 0 amide bonds. The topological polar surface area (TPSA) is 0 Å². The average molecular weight is 380 g/mol.